The van der Waals surface area contributed by atoms with Crippen LogP contribution >= 0.6 is 0 Å². The van der Waals surface area contributed by atoms with Crippen LogP contribution in [0, 0.1) is 0 Å². The highest BCUT2D eigenvalue weighted by atomic mass is 16.7. The van der Waals surface area contributed by atoms with Crippen LogP contribution in [0.5, 0.6) is 46.0 Å². The number of pyridine rings is 4. The molecule has 32 heteroatoms. The quantitative estimate of drug-likeness (QED) is 0.0250. The van der Waals surface area contributed by atoms with Gasteiger partial charge in [-0.1, -0.05) is 45.1 Å². The minimum atomic E-state index is -0.723. The van der Waals surface area contributed by atoms with E-state index in [1.54, 1.807) is 43.5 Å². The number of ether oxygens (including phenoxy) is 12. The van der Waals surface area contributed by atoms with E-state index in [0.717, 1.165) is 0 Å². The fourth-order valence-corrected chi connectivity index (χ4v) is 16.2. The monoisotopic (exact) mass is 1570 g/mol. The Bertz CT molecular complexity index is 4820. The molecule has 0 N–H and O–H groups in total. The zero-order chi connectivity index (χ0) is 79.2. The number of benzene rings is 4. The Morgan fingerprint density at radius 3 is 0.698 bits per heavy atom. The summed E-state index contributed by atoms with van der Waals surface area (Å²) in [5.74, 6) is -1.51. The number of aromatic nitrogens is 16. The summed E-state index contributed by atoms with van der Waals surface area (Å²) >= 11 is 0. The molecule has 4 aliphatic heterocycles. The molecule has 32 nitrogen and oxygen atoms in total. The van der Waals surface area contributed by atoms with Gasteiger partial charge in [-0.3, -0.25) is 39.1 Å². The number of carbonyl (C=O) groups is 4. The maximum absolute atomic E-state index is 12.9. The lowest BCUT2D eigenvalue weighted by Crippen LogP contribution is -2.26. The molecule has 592 valence electrons. The second-order valence-electron chi connectivity index (χ2n) is 28.6. The summed E-state index contributed by atoms with van der Waals surface area (Å²) in [6.07, 6.45) is 16.6. The van der Waals surface area contributed by atoms with Gasteiger partial charge in [0.05, 0.1) is 122 Å². The zero-order valence-corrected chi connectivity index (χ0v) is 64.0. The predicted molar refractivity (Wildman–Crippen MR) is 411 cm³/mol. The van der Waals surface area contributed by atoms with Crippen LogP contribution in [0.25, 0.3) is 45.6 Å². The minimum absolute atomic E-state index is 0.00412. The maximum atomic E-state index is 12.9. The van der Waals surface area contributed by atoms with Gasteiger partial charge in [0, 0.05) is 121 Å². The zero-order valence-electron chi connectivity index (χ0n) is 64.0. The first-order valence-electron chi connectivity index (χ1n) is 38.4. The van der Waals surface area contributed by atoms with E-state index in [9.17, 15) is 19.2 Å². The molecule has 0 atom stereocenters. The molecule has 0 spiro atoms. The molecule has 0 unspecified atom stereocenters. The van der Waals surface area contributed by atoms with E-state index in [4.69, 9.17) is 77.7 Å². The van der Waals surface area contributed by atoms with Crippen molar-refractivity contribution in [3.8, 4) is 91.5 Å². The minimum Gasteiger partial charge on any atom is -0.466 e. The molecular formula is C84H80N16O16. The van der Waals surface area contributed by atoms with Crippen LogP contribution in [0.4, 0.5) is 0 Å². The van der Waals surface area contributed by atoms with E-state index in [0.29, 0.717) is 210 Å². The Kier molecular flexibility index (Phi) is 21.7. The fraction of sp³-hybridized carbons (Fsp3) is 0.333. The molecule has 0 radical (unpaired) electrons. The van der Waals surface area contributed by atoms with Crippen molar-refractivity contribution in [3.05, 3.63) is 213 Å². The van der Waals surface area contributed by atoms with E-state index in [1.165, 1.54) is 27.7 Å². The number of hydrogen-bond donors (Lipinski definition) is 0. The van der Waals surface area contributed by atoms with Crippen molar-refractivity contribution in [2.75, 3.05) is 53.6 Å². The first kappa shape index (κ1) is 75.0. The average molecular weight is 1570 g/mol. The molecule has 0 saturated carbocycles. The highest BCUT2D eigenvalue weighted by Gasteiger charge is 2.43. The summed E-state index contributed by atoms with van der Waals surface area (Å²) in [5.41, 5.74) is 12.1. The third-order valence-electron chi connectivity index (χ3n) is 21.1. The van der Waals surface area contributed by atoms with E-state index in [1.807, 2.05) is 97.6 Å². The van der Waals surface area contributed by atoms with Crippen LogP contribution in [0.3, 0.4) is 0 Å². The van der Waals surface area contributed by atoms with Gasteiger partial charge in [-0.15, -0.1) is 20.4 Å². The van der Waals surface area contributed by atoms with Gasteiger partial charge in [-0.25, -0.2) is 18.7 Å². The summed E-state index contributed by atoms with van der Waals surface area (Å²) < 4.78 is 88.5. The standard InChI is InChI=1S/C84H80N16O16/c1-49(101)105-29-13-17-53-57-33-59-54(18-14-30-106-50(2)102)61-35-63-56(20-16-32-108-52(4)104)64-36-62-55(19-15-31-107-51(3)103)60-34-58(53)78-66(38-98-42-74(90-94-98)70-22-6-10-26-86-70)80(60)112-47-114-82(62)68(40-100-44-76(92-96-100)72-24-8-12-28-88-72)84(64)116-48-115-83(63)67(39-99-43-75(91-95-99)71-23-7-11-27-87-71)81(61)113-46-111-79(59)65(77(57)109-45-110-78)37-97-41-73(89-93-97)69-21-5-9-25-85-69/h5-12,21-28,33-36,41-44,53-56H,13-20,29-32,37-40,45-48H2,1-4H3. The van der Waals surface area contributed by atoms with Gasteiger partial charge >= 0.3 is 23.9 Å². The number of hydrogen-bond acceptors (Lipinski definition) is 28. The van der Waals surface area contributed by atoms with Gasteiger partial charge in [0.1, 0.15) is 68.8 Å². The fourth-order valence-electron chi connectivity index (χ4n) is 16.2. The molecular weight excluding hydrogens is 1490 g/mol. The molecule has 0 amide bonds. The Morgan fingerprint density at radius 2 is 0.517 bits per heavy atom. The summed E-state index contributed by atoms with van der Waals surface area (Å²) in [6, 6.07) is 30.9. The molecule has 116 heavy (non-hydrogen) atoms. The van der Waals surface area contributed by atoms with E-state index in [2.05, 4.69) is 64.6 Å². The number of rotatable bonds is 28. The van der Waals surface area contributed by atoms with Gasteiger partial charge in [0.25, 0.3) is 0 Å². The molecule has 12 heterocycles. The van der Waals surface area contributed by atoms with Gasteiger partial charge in [0.15, 0.2) is 0 Å². The van der Waals surface area contributed by atoms with Gasteiger partial charge in [-0.2, -0.15) is 0 Å². The Morgan fingerprint density at radius 1 is 0.310 bits per heavy atom. The molecule has 0 saturated heterocycles. The molecule has 4 aromatic carbocycles. The average Bonchev–Trinajstić information content (AvgIpc) is 0.752. The third-order valence-corrected chi connectivity index (χ3v) is 21.1. The van der Waals surface area contributed by atoms with Crippen molar-refractivity contribution in [1.29, 1.82) is 0 Å². The summed E-state index contributed by atoms with van der Waals surface area (Å²) in [7, 11) is 0. The van der Waals surface area contributed by atoms with E-state index < -0.39 is 47.5 Å². The smallest absolute Gasteiger partial charge is 0.302 e. The maximum Gasteiger partial charge on any atom is 0.302 e. The largest absolute Gasteiger partial charge is 0.466 e. The molecule has 5 aliphatic rings. The summed E-state index contributed by atoms with van der Waals surface area (Å²) in [5, 5.41) is 37.7. The number of carbonyl (C=O) groups excluding carboxylic acids is 4. The molecule has 8 aromatic heterocycles. The van der Waals surface area contributed by atoms with Crippen molar-refractivity contribution >= 4 is 23.9 Å². The lowest BCUT2D eigenvalue weighted by Gasteiger charge is -2.37. The molecule has 1 aliphatic carbocycles. The van der Waals surface area contributed by atoms with Crippen LogP contribution in [0.15, 0.2) is 147 Å². The van der Waals surface area contributed by atoms with Crippen LogP contribution < -0.4 is 37.9 Å². The molecule has 12 aromatic rings. The van der Waals surface area contributed by atoms with Gasteiger partial charge < -0.3 is 56.8 Å². The summed E-state index contributed by atoms with van der Waals surface area (Å²) in [4.78, 5) is 70.3. The second kappa shape index (κ2) is 33.6. The van der Waals surface area contributed by atoms with Crippen LogP contribution in [-0.2, 0) is 64.3 Å². The normalized spacial score (nSPS) is 15.8. The Labute approximate surface area is 664 Å². The SMILES string of the molecule is CC(=O)OCCCC1c2cc3c4c(Cn5cc(-c6ccccn6)nn5)c2OCOc2c1cc1c(c2Cn2cc(-c5ccccn5)nn2)OCOc2c(cc5c(c2Cn2cc(-c6ccccn6)nn2)OCOc2c(cc(c(c2Cn2cc(-c6ccccn6)nn2)OCO4)C3CCCOC(C)=O)C5CCCOC(C)=O)C1CCCOC(C)=O. The Balaban J connectivity index is 1.00. The lowest BCUT2D eigenvalue weighted by molar-refractivity contribution is -0.142. The second-order valence-corrected chi connectivity index (χ2v) is 28.6. The van der Waals surface area contributed by atoms with E-state index in [-0.39, 0.29) is 79.8 Å². The number of nitrogens with zero attached hydrogens (tertiary/aromatic N) is 16. The van der Waals surface area contributed by atoms with Crippen LogP contribution in [0.1, 0.15) is 169 Å². The number of esters is 4. The van der Waals surface area contributed by atoms with E-state index >= 15 is 0 Å². The lowest BCUT2D eigenvalue weighted by atomic mass is 9.74. The first-order chi connectivity index (χ1) is 56.8. The van der Waals surface area contributed by atoms with Crippen LogP contribution in [0.2, 0.25) is 0 Å². The van der Waals surface area contributed by atoms with Crippen LogP contribution in [-0.4, -0.2) is 157 Å². The predicted octanol–water partition coefficient (Wildman–Crippen LogP) is 11.6. The van der Waals surface area contributed by atoms with Crippen molar-refractivity contribution in [2.45, 2.75) is 129 Å². The summed E-state index contributed by atoms with van der Waals surface area (Å²) in [6.45, 7) is 4.19. The van der Waals surface area contributed by atoms with Crippen molar-refractivity contribution in [3.63, 3.8) is 0 Å². The van der Waals surface area contributed by atoms with Crippen molar-refractivity contribution in [2.24, 2.45) is 0 Å². The molecule has 17 rings (SSSR count). The molecule has 0 fully saturated rings. The third kappa shape index (κ3) is 15.8. The van der Waals surface area contributed by atoms with Crippen molar-refractivity contribution in [1.82, 2.24) is 79.9 Å². The Hall–Kier alpha value is -13.7. The topological polar surface area (TPSA) is 353 Å². The van der Waals surface area contributed by atoms with Gasteiger partial charge in [0.2, 0.25) is 27.2 Å². The van der Waals surface area contributed by atoms with Crippen molar-refractivity contribution < 1.29 is 76.0 Å². The highest BCUT2D eigenvalue weighted by Crippen LogP contribution is 2.59. The van der Waals surface area contributed by atoms with Gasteiger partial charge in [-0.05, 0) is 124 Å². The molecule has 8 bridgehead atoms. The highest BCUT2D eigenvalue weighted by molar-refractivity contribution is 5.72. The first-order valence-corrected chi connectivity index (χ1v) is 38.4.